The van der Waals surface area contributed by atoms with Gasteiger partial charge >= 0.3 is 11.9 Å². The summed E-state index contributed by atoms with van der Waals surface area (Å²) in [4.78, 5) is 22.7. The van der Waals surface area contributed by atoms with Crippen molar-refractivity contribution in [3.05, 3.63) is 58.1 Å². The minimum Gasteiger partial charge on any atom is -0.478 e. The molecule has 1 N–H and O–H groups in total. The molecule has 0 bridgehead atoms. The molecule has 0 saturated carbocycles. The Kier molecular flexibility index (Phi) is 4.16. The van der Waals surface area contributed by atoms with Crippen LogP contribution in [-0.4, -0.2) is 23.1 Å². The first kappa shape index (κ1) is 14.6. The number of benzene rings is 1. The van der Waals surface area contributed by atoms with Crippen LogP contribution < -0.4 is 0 Å². The van der Waals surface area contributed by atoms with Crippen molar-refractivity contribution in [2.75, 3.05) is 0 Å². The minimum atomic E-state index is -1.19. The van der Waals surface area contributed by atoms with Crippen LogP contribution in [0.25, 0.3) is 0 Å². The van der Waals surface area contributed by atoms with Crippen LogP contribution in [0.1, 0.15) is 11.5 Å². The second kappa shape index (κ2) is 5.69. The fraction of sp³-hybridized carbons (Fsp3) is 0.143. The number of hydrogen-bond acceptors (Lipinski definition) is 3. The maximum atomic E-state index is 11.4. The Morgan fingerprint density at radius 3 is 2.35 bits per heavy atom. The van der Waals surface area contributed by atoms with Gasteiger partial charge in [-0.2, -0.15) is 0 Å². The smallest absolute Gasteiger partial charge is 0.351 e. The van der Waals surface area contributed by atoms with Gasteiger partial charge in [0.05, 0.1) is 11.0 Å². The normalized spacial score (nSPS) is 19.7. The van der Waals surface area contributed by atoms with E-state index in [1.54, 1.807) is 30.3 Å². The first-order valence-corrected chi connectivity index (χ1v) is 6.42. The van der Waals surface area contributed by atoms with E-state index in [-0.39, 0.29) is 15.6 Å². The average molecular weight is 313 g/mol. The fourth-order valence-electron chi connectivity index (χ4n) is 2.01. The summed E-state index contributed by atoms with van der Waals surface area (Å²) in [6.45, 7) is 3.54. The lowest BCUT2D eigenvalue weighted by Gasteiger charge is -2.23. The molecule has 0 spiro atoms. The molecule has 0 fully saturated rings. The molecule has 20 heavy (non-hydrogen) atoms. The Hall–Kier alpha value is -1.78. The molecule has 0 aliphatic carbocycles. The molecule has 2 atom stereocenters. The standard InChI is InChI=1S/C14H10Cl2O4/c1-7(13(17)18)9(8-5-3-2-4-6-8)12-10(15)11(16)14(19)20-12/h2-6,9,12H,1H2,(H,17,18). The van der Waals surface area contributed by atoms with Gasteiger partial charge in [0, 0.05) is 5.57 Å². The van der Waals surface area contributed by atoms with E-state index in [0.29, 0.717) is 5.56 Å². The quantitative estimate of drug-likeness (QED) is 0.685. The Morgan fingerprint density at radius 2 is 1.90 bits per heavy atom. The summed E-state index contributed by atoms with van der Waals surface area (Å²) in [6, 6.07) is 8.70. The molecule has 2 unspecified atom stereocenters. The van der Waals surface area contributed by atoms with Crippen LogP contribution in [0.3, 0.4) is 0 Å². The number of ether oxygens (including phenoxy) is 1. The van der Waals surface area contributed by atoms with E-state index in [2.05, 4.69) is 6.58 Å². The second-order valence-corrected chi connectivity index (χ2v) is 4.99. The first-order chi connectivity index (χ1) is 9.43. The van der Waals surface area contributed by atoms with Crippen molar-refractivity contribution in [3.8, 4) is 0 Å². The minimum absolute atomic E-state index is 0.00656. The molecule has 1 aromatic carbocycles. The number of carbonyl (C=O) groups excluding carboxylic acids is 1. The highest BCUT2D eigenvalue weighted by Crippen LogP contribution is 2.40. The van der Waals surface area contributed by atoms with Crippen molar-refractivity contribution in [2.24, 2.45) is 0 Å². The molecule has 1 aromatic rings. The van der Waals surface area contributed by atoms with Crippen LogP contribution in [0.5, 0.6) is 0 Å². The number of carboxylic acids is 1. The lowest BCUT2D eigenvalue weighted by Crippen LogP contribution is -2.25. The number of hydrogen-bond donors (Lipinski definition) is 1. The molecule has 2 rings (SSSR count). The van der Waals surface area contributed by atoms with Gasteiger partial charge in [-0.15, -0.1) is 0 Å². The average Bonchev–Trinajstić information content (AvgIpc) is 2.68. The second-order valence-electron chi connectivity index (χ2n) is 4.21. The van der Waals surface area contributed by atoms with Crippen molar-refractivity contribution >= 4 is 35.1 Å². The maximum absolute atomic E-state index is 11.4. The molecule has 4 nitrogen and oxygen atoms in total. The van der Waals surface area contributed by atoms with Gasteiger partial charge in [0.15, 0.2) is 6.10 Å². The van der Waals surface area contributed by atoms with E-state index >= 15 is 0 Å². The van der Waals surface area contributed by atoms with Crippen molar-refractivity contribution < 1.29 is 19.4 Å². The number of rotatable bonds is 4. The van der Waals surface area contributed by atoms with Gasteiger partial charge in [0.2, 0.25) is 0 Å². The molecule has 0 saturated heterocycles. The summed E-state index contributed by atoms with van der Waals surface area (Å²) in [5, 5.41) is 8.93. The third-order valence-corrected chi connectivity index (χ3v) is 3.84. The van der Waals surface area contributed by atoms with Crippen LogP contribution in [0.2, 0.25) is 0 Å². The monoisotopic (exact) mass is 312 g/mol. The van der Waals surface area contributed by atoms with E-state index in [1.807, 2.05) is 0 Å². The molecule has 0 radical (unpaired) electrons. The number of aliphatic carboxylic acids is 1. The Morgan fingerprint density at radius 1 is 1.30 bits per heavy atom. The van der Waals surface area contributed by atoms with Gasteiger partial charge in [-0.25, -0.2) is 9.59 Å². The van der Waals surface area contributed by atoms with E-state index in [1.165, 1.54) is 0 Å². The van der Waals surface area contributed by atoms with Gasteiger partial charge in [-0.1, -0.05) is 60.1 Å². The molecule has 1 heterocycles. The largest absolute Gasteiger partial charge is 0.478 e. The summed E-state index contributed by atoms with van der Waals surface area (Å²) >= 11 is 11.7. The number of carboxylic acid groups (broad SMARTS) is 1. The lowest BCUT2D eigenvalue weighted by atomic mass is 9.87. The maximum Gasteiger partial charge on any atom is 0.351 e. The number of cyclic esters (lactones) is 1. The SMILES string of the molecule is C=C(C(=O)O)C(c1ccccc1)C1OC(=O)C(Cl)=C1Cl. The zero-order valence-corrected chi connectivity index (χ0v) is 11.7. The summed E-state index contributed by atoms with van der Waals surface area (Å²) in [6.07, 6.45) is -0.970. The predicted octanol–water partition coefficient (Wildman–Crippen LogP) is 3.03. The Labute approximate surface area is 125 Å². The van der Waals surface area contributed by atoms with Crippen molar-refractivity contribution in [1.29, 1.82) is 0 Å². The van der Waals surface area contributed by atoms with Gasteiger partial charge in [-0.05, 0) is 5.56 Å². The van der Waals surface area contributed by atoms with E-state index in [0.717, 1.165) is 0 Å². The highest BCUT2D eigenvalue weighted by molar-refractivity contribution is 6.48. The molecule has 0 aromatic heterocycles. The van der Waals surface area contributed by atoms with Crippen LogP contribution in [-0.2, 0) is 14.3 Å². The highest BCUT2D eigenvalue weighted by atomic mass is 35.5. The van der Waals surface area contributed by atoms with Gasteiger partial charge in [0.1, 0.15) is 5.03 Å². The topological polar surface area (TPSA) is 63.6 Å². The zero-order valence-electron chi connectivity index (χ0n) is 10.2. The summed E-state index contributed by atoms with van der Waals surface area (Å²) in [5.74, 6) is -2.75. The predicted molar refractivity (Wildman–Crippen MR) is 74.6 cm³/mol. The van der Waals surface area contributed by atoms with Crippen molar-refractivity contribution in [3.63, 3.8) is 0 Å². The van der Waals surface area contributed by atoms with Gasteiger partial charge in [-0.3, -0.25) is 0 Å². The Bertz CT molecular complexity index is 607. The van der Waals surface area contributed by atoms with Crippen LogP contribution in [0, 0.1) is 0 Å². The first-order valence-electron chi connectivity index (χ1n) is 5.66. The summed E-state index contributed by atoms with van der Waals surface area (Å²) in [7, 11) is 0. The van der Waals surface area contributed by atoms with Crippen LogP contribution in [0.4, 0.5) is 0 Å². The molecule has 104 valence electrons. The van der Waals surface area contributed by atoms with Crippen LogP contribution >= 0.6 is 23.2 Å². The summed E-state index contributed by atoms with van der Waals surface area (Å²) < 4.78 is 5.07. The third-order valence-electron chi connectivity index (χ3n) is 2.98. The molecule has 1 aliphatic rings. The third kappa shape index (κ3) is 2.57. The fourth-order valence-corrected chi connectivity index (χ4v) is 2.41. The number of carbonyl (C=O) groups is 2. The molecule has 6 heteroatoms. The zero-order chi connectivity index (χ0) is 14.9. The van der Waals surface area contributed by atoms with Gasteiger partial charge in [0.25, 0.3) is 0 Å². The van der Waals surface area contributed by atoms with Crippen LogP contribution in [0.15, 0.2) is 52.5 Å². The van der Waals surface area contributed by atoms with Crippen molar-refractivity contribution in [1.82, 2.24) is 0 Å². The lowest BCUT2D eigenvalue weighted by molar-refractivity contribution is -0.141. The van der Waals surface area contributed by atoms with Gasteiger partial charge < -0.3 is 9.84 Å². The van der Waals surface area contributed by atoms with Crippen molar-refractivity contribution in [2.45, 2.75) is 12.0 Å². The number of halogens is 2. The van der Waals surface area contributed by atoms with E-state index in [9.17, 15) is 9.59 Å². The Balaban J connectivity index is 2.47. The molecular formula is C14H10Cl2O4. The molecule has 1 aliphatic heterocycles. The van der Waals surface area contributed by atoms with E-state index < -0.39 is 24.0 Å². The molecule has 0 amide bonds. The van der Waals surface area contributed by atoms with E-state index in [4.69, 9.17) is 33.0 Å². The number of esters is 1. The highest BCUT2D eigenvalue weighted by Gasteiger charge is 2.41. The summed E-state index contributed by atoms with van der Waals surface area (Å²) in [5.41, 5.74) is 0.501. The molecular weight excluding hydrogens is 303 g/mol.